The molecule has 0 aliphatic rings. The summed E-state index contributed by atoms with van der Waals surface area (Å²) in [6.45, 7) is 8.79. The lowest BCUT2D eigenvalue weighted by Gasteiger charge is -2.24. The summed E-state index contributed by atoms with van der Waals surface area (Å²) in [5, 5.41) is 13.6. The number of nitrogens with zero attached hydrogens (tertiary/aromatic N) is 6. The fraction of sp³-hybridized carbons (Fsp3) is 0.414. The number of rotatable bonds is 11. The normalized spacial score (nSPS) is 14.0. The third kappa shape index (κ3) is 6.61. The maximum absolute atomic E-state index is 14.1. The number of aliphatic hydroxyl groups excluding tert-OH is 1. The highest BCUT2D eigenvalue weighted by Gasteiger charge is 2.39. The summed E-state index contributed by atoms with van der Waals surface area (Å²) in [6, 6.07) is 7.60. The Kier molecular flexibility index (Phi) is 9.15. The van der Waals surface area contributed by atoms with Crippen molar-refractivity contribution in [1.82, 2.24) is 24.7 Å². The van der Waals surface area contributed by atoms with Crippen molar-refractivity contribution in [2.45, 2.75) is 57.8 Å². The van der Waals surface area contributed by atoms with E-state index in [1.807, 2.05) is 49.6 Å². The summed E-state index contributed by atoms with van der Waals surface area (Å²) < 4.78 is 43.2. The summed E-state index contributed by atoms with van der Waals surface area (Å²) in [6.07, 6.45) is 4.89. The summed E-state index contributed by atoms with van der Waals surface area (Å²) in [7, 11) is -0.613. The first-order valence-electron chi connectivity index (χ1n) is 13.3. The maximum Gasteiger partial charge on any atom is 0.315 e. The van der Waals surface area contributed by atoms with Crippen LogP contribution in [0.25, 0.3) is 17.1 Å². The number of aliphatic hydroxyl groups is 1. The lowest BCUT2D eigenvalue weighted by Crippen LogP contribution is -2.41. The Hall–Kier alpha value is -3.74. The third-order valence-corrected chi connectivity index (χ3v) is 8.80. The van der Waals surface area contributed by atoms with Crippen LogP contribution in [0, 0.1) is 20.8 Å². The highest BCUT2D eigenvalue weighted by molar-refractivity contribution is 7.91. The highest BCUT2D eigenvalue weighted by atomic mass is 32.2. The molecular formula is C29H37N6O5S+. The van der Waals surface area contributed by atoms with Crippen LogP contribution in [-0.4, -0.2) is 63.3 Å². The van der Waals surface area contributed by atoms with Crippen LogP contribution < -0.4 is 9.30 Å². The predicted molar refractivity (Wildman–Crippen MR) is 153 cm³/mol. The van der Waals surface area contributed by atoms with Gasteiger partial charge in [0.25, 0.3) is 5.82 Å². The van der Waals surface area contributed by atoms with Crippen molar-refractivity contribution in [3.63, 3.8) is 0 Å². The fourth-order valence-electron chi connectivity index (χ4n) is 4.56. The number of hydrogen-bond acceptors (Lipinski definition) is 9. The highest BCUT2D eigenvalue weighted by Crippen LogP contribution is 2.29. The fourth-order valence-corrected chi connectivity index (χ4v) is 6.08. The zero-order valence-corrected chi connectivity index (χ0v) is 25.3. The van der Waals surface area contributed by atoms with Crippen molar-refractivity contribution in [1.29, 1.82) is 0 Å². The Bertz CT molecular complexity index is 1620. The molecule has 1 N–H and O–H groups in total. The molecule has 3 atom stereocenters. The number of pyridine rings is 1. The van der Waals surface area contributed by atoms with Gasteiger partial charge in [-0.1, -0.05) is 12.1 Å². The molecule has 11 nitrogen and oxygen atoms in total. The minimum Gasteiger partial charge on any atom is -0.493 e. The van der Waals surface area contributed by atoms with Gasteiger partial charge in [0.05, 0.1) is 37.7 Å². The van der Waals surface area contributed by atoms with Gasteiger partial charge in [-0.25, -0.2) is 18.4 Å². The Morgan fingerprint density at radius 1 is 1.05 bits per heavy atom. The van der Waals surface area contributed by atoms with Crippen LogP contribution >= 0.6 is 0 Å². The van der Waals surface area contributed by atoms with E-state index in [0.717, 1.165) is 22.3 Å². The number of aryl methyl sites for hydroxylation is 4. The first-order chi connectivity index (χ1) is 19.4. The molecular weight excluding hydrogens is 544 g/mol. The predicted octanol–water partition coefficient (Wildman–Crippen LogP) is 2.92. The number of ether oxygens (including phenoxy) is 2. The minimum absolute atomic E-state index is 0.0710. The molecule has 4 rings (SSSR count). The average Bonchev–Trinajstić information content (AvgIpc) is 3.23. The van der Waals surface area contributed by atoms with E-state index < -0.39 is 27.3 Å². The standard InChI is InChI=1S/C29H37N6O5S/c1-18-11-23(15-30-12-18)29-33-34(6)25(35(29)26-20(3)9-8-10-24(26)39-7)17-41(37,38)22(5)27(40-16-21(4)36)28-31-13-19(2)14-32-28/h8-15,21-22,27,36H,16-17H2,1-7H3/q+1/t21-,22+,27+/m1/s1. The number of aromatic nitrogens is 6. The van der Waals surface area contributed by atoms with Crippen LogP contribution in [0.1, 0.15) is 48.3 Å². The van der Waals surface area contributed by atoms with Crippen molar-refractivity contribution in [3.8, 4) is 22.8 Å². The zero-order chi connectivity index (χ0) is 29.9. The SMILES string of the molecule is COc1cccc(C)c1-[n+]1c(-c2cncc(C)c2)nn(C)c1CS(=O)(=O)[C@@H](C)[C@H](OC[C@@H](C)O)c1ncc(C)cn1. The molecule has 0 bridgehead atoms. The van der Waals surface area contributed by atoms with Gasteiger partial charge in [0.15, 0.2) is 27.1 Å². The second-order valence-electron chi connectivity index (χ2n) is 10.3. The molecule has 4 aromatic rings. The molecule has 0 saturated heterocycles. The molecule has 12 heteroatoms. The van der Waals surface area contributed by atoms with Crippen LogP contribution in [0.5, 0.6) is 5.75 Å². The molecule has 3 heterocycles. The Morgan fingerprint density at radius 2 is 1.76 bits per heavy atom. The largest absolute Gasteiger partial charge is 0.493 e. The Morgan fingerprint density at radius 3 is 2.39 bits per heavy atom. The average molecular weight is 582 g/mol. The molecule has 0 saturated carbocycles. The molecule has 218 valence electrons. The monoisotopic (exact) mass is 581 g/mol. The molecule has 0 spiro atoms. The first-order valence-corrected chi connectivity index (χ1v) is 15.0. The maximum atomic E-state index is 14.1. The van der Waals surface area contributed by atoms with Crippen LogP contribution in [0.4, 0.5) is 0 Å². The van der Waals surface area contributed by atoms with Crippen molar-refractivity contribution in [2.75, 3.05) is 13.7 Å². The lowest BCUT2D eigenvalue weighted by molar-refractivity contribution is -0.593. The van der Waals surface area contributed by atoms with E-state index in [9.17, 15) is 13.5 Å². The zero-order valence-electron chi connectivity index (χ0n) is 24.4. The molecule has 0 amide bonds. The van der Waals surface area contributed by atoms with Crippen LogP contribution in [0.15, 0.2) is 49.1 Å². The van der Waals surface area contributed by atoms with E-state index in [1.165, 1.54) is 0 Å². The van der Waals surface area contributed by atoms with E-state index in [2.05, 4.69) is 15.0 Å². The van der Waals surface area contributed by atoms with Gasteiger partial charge in [0, 0.05) is 29.9 Å². The van der Waals surface area contributed by atoms with Crippen molar-refractivity contribution in [3.05, 3.63) is 77.4 Å². The van der Waals surface area contributed by atoms with Gasteiger partial charge in [-0.15, -0.1) is 4.68 Å². The molecule has 3 aromatic heterocycles. The number of benzene rings is 1. The van der Waals surface area contributed by atoms with Gasteiger partial charge in [-0.05, 0) is 63.4 Å². The third-order valence-electron chi connectivity index (χ3n) is 6.76. The van der Waals surface area contributed by atoms with E-state index >= 15 is 0 Å². The van der Waals surface area contributed by atoms with Gasteiger partial charge < -0.3 is 14.6 Å². The van der Waals surface area contributed by atoms with Crippen LogP contribution in [0.3, 0.4) is 0 Å². The molecule has 0 aliphatic carbocycles. The molecule has 0 fully saturated rings. The van der Waals surface area contributed by atoms with E-state index in [1.54, 1.807) is 57.5 Å². The number of methoxy groups -OCH3 is 1. The number of hydrogen-bond donors (Lipinski definition) is 1. The summed E-state index contributed by atoms with van der Waals surface area (Å²) >= 11 is 0. The van der Waals surface area contributed by atoms with Crippen molar-refractivity contribution >= 4 is 9.84 Å². The molecule has 0 unspecified atom stereocenters. The van der Waals surface area contributed by atoms with E-state index in [0.29, 0.717) is 23.1 Å². The second kappa shape index (κ2) is 12.4. The Labute approximate surface area is 240 Å². The van der Waals surface area contributed by atoms with Gasteiger partial charge in [0.2, 0.25) is 0 Å². The molecule has 0 radical (unpaired) electrons. The van der Waals surface area contributed by atoms with Gasteiger partial charge >= 0.3 is 5.82 Å². The summed E-state index contributed by atoms with van der Waals surface area (Å²) in [5.41, 5.74) is 4.06. The quantitative estimate of drug-likeness (QED) is 0.265. The van der Waals surface area contributed by atoms with E-state index in [4.69, 9.17) is 14.6 Å². The van der Waals surface area contributed by atoms with Crippen LogP contribution in [0.2, 0.25) is 0 Å². The first kappa shape index (κ1) is 30.2. The van der Waals surface area contributed by atoms with Crippen molar-refractivity contribution in [2.24, 2.45) is 7.05 Å². The number of sulfone groups is 1. The lowest BCUT2D eigenvalue weighted by atomic mass is 10.1. The van der Waals surface area contributed by atoms with Gasteiger partial charge in [0.1, 0.15) is 11.9 Å². The summed E-state index contributed by atoms with van der Waals surface area (Å²) in [5.74, 6) is 1.38. The van der Waals surface area contributed by atoms with E-state index in [-0.39, 0.29) is 18.2 Å². The number of para-hydroxylation sites is 1. The van der Waals surface area contributed by atoms with Gasteiger partial charge in [-0.2, -0.15) is 4.57 Å². The van der Waals surface area contributed by atoms with Crippen molar-refractivity contribution < 1.29 is 27.6 Å². The molecule has 41 heavy (non-hydrogen) atoms. The minimum atomic E-state index is -3.91. The smallest absolute Gasteiger partial charge is 0.315 e. The summed E-state index contributed by atoms with van der Waals surface area (Å²) in [4.78, 5) is 13.0. The second-order valence-corrected chi connectivity index (χ2v) is 12.7. The Balaban J connectivity index is 1.86. The van der Waals surface area contributed by atoms with Crippen LogP contribution in [-0.2, 0) is 27.4 Å². The molecule has 0 aliphatic heterocycles. The topological polar surface area (TPSA) is 133 Å². The van der Waals surface area contributed by atoms with Gasteiger partial charge in [-0.3, -0.25) is 4.98 Å². The molecule has 1 aromatic carbocycles.